The second-order valence-corrected chi connectivity index (χ2v) is 5.95. The lowest BCUT2D eigenvalue weighted by atomic mass is 10.1. The number of rotatable bonds is 6. The summed E-state index contributed by atoms with van der Waals surface area (Å²) in [7, 11) is 0. The van der Waals surface area contributed by atoms with Gasteiger partial charge in [0.05, 0.1) is 0 Å². The van der Waals surface area contributed by atoms with Crippen molar-refractivity contribution in [3.8, 4) is 0 Å². The van der Waals surface area contributed by atoms with E-state index in [0.717, 1.165) is 30.4 Å². The maximum Gasteiger partial charge on any atom is 0.313 e. The molecular weight excluding hydrogens is 300 g/mol. The summed E-state index contributed by atoms with van der Waals surface area (Å²) < 4.78 is 0. The first kappa shape index (κ1) is 17.7. The van der Waals surface area contributed by atoms with E-state index in [9.17, 15) is 9.59 Å². The summed E-state index contributed by atoms with van der Waals surface area (Å²) in [4.78, 5) is 23.7. The van der Waals surface area contributed by atoms with E-state index in [4.69, 9.17) is 0 Å². The van der Waals surface area contributed by atoms with Crippen LogP contribution in [0.2, 0.25) is 0 Å². The summed E-state index contributed by atoms with van der Waals surface area (Å²) in [6, 6.07) is 15.8. The number of aryl methyl sites for hydroxylation is 3. The molecule has 0 radical (unpaired) electrons. The fourth-order valence-electron chi connectivity index (χ4n) is 2.39. The Morgan fingerprint density at radius 2 is 1.62 bits per heavy atom. The molecule has 2 amide bonds. The Bertz CT molecular complexity index is 696. The van der Waals surface area contributed by atoms with Gasteiger partial charge in [0.15, 0.2) is 0 Å². The van der Waals surface area contributed by atoms with Crippen LogP contribution in [0.25, 0.3) is 0 Å². The van der Waals surface area contributed by atoms with Crippen molar-refractivity contribution < 1.29 is 9.59 Å². The molecule has 2 N–H and O–H groups in total. The van der Waals surface area contributed by atoms with E-state index in [0.29, 0.717) is 12.2 Å². The third kappa shape index (κ3) is 5.54. The van der Waals surface area contributed by atoms with Crippen molar-refractivity contribution in [3.63, 3.8) is 0 Å². The molecule has 0 aliphatic carbocycles. The number of anilines is 1. The van der Waals surface area contributed by atoms with Crippen molar-refractivity contribution in [1.82, 2.24) is 5.32 Å². The average Bonchev–Trinajstić information content (AvgIpc) is 2.58. The van der Waals surface area contributed by atoms with Crippen LogP contribution in [0, 0.1) is 13.8 Å². The Kier molecular flexibility index (Phi) is 6.55. The molecule has 4 nitrogen and oxygen atoms in total. The molecule has 126 valence electrons. The zero-order valence-corrected chi connectivity index (χ0v) is 14.3. The minimum Gasteiger partial charge on any atom is -0.348 e. The summed E-state index contributed by atoms with van der Waals surface area (Å²) in [6.07, 6.45) is 2.80. The van der Waals surface area contributed by atoms with Crippen LogP contribution in [0.15, 0.2) is 48.5 Å². The highest BCUT2D eigenvalue weighted by atomic mass is 16.2. The highest BCUT2D eigenvalue weighted by Gasteiger charge is 2.13. The maximum atomic E-state index is 11.9. The van der Waals surface area contributed by atoms with Crippen LogP contribution in [0.5, 0.6) is 0 Å². The largest absolute Gasteiger partial charge is 0.348 e. The molecule has 0 saturated heterocycles. The molecule has 2 aromatic carbocycles. The molecule has 0 unspecified atom stereocenters. The van der Waals surface area contributed by atoms with Gasteiger partial charge in [-0.05, 0) is 61.9 Å². The first-order valence-corrected chi connectivity index (χ1v) is 8.26. The third-order valence-electron chi connectivity index (χ3n) is 3.99. The van der Waals surface area contributed by atoms with Crippen LogP contribution in [0.1, 0.15) is 29.5 Å². The van der Waals surface area contributed by atoms with Crippen LogP contribution in [-0.2, 0) is 16.0 Å². The van der Waals surface area contributed by atoms with E-state index >= 15 is 0 Å². The number of carbonyl (C=O) groups is 2. The normalized spacial score (nSPS) is 10.2. The lowest BCUT2D eigenvalue weighted by Gasteiger charge is -2.08. The van der Waals surface area contributed by atoms with Crippen LogP contribution in [0.3, 0.4) is 0 Å². The predicted octanol–water partition coefficient (Wildman–Crippen LogP) is 3.38. The highest BCUT2D eigenvalue weighted by molar-refractivity contribution is 6.39. The van der Waals surface area contributed by atoms with Gasteiger partial charge in [0.25, 0.3) is 0 Å². The molecule has 0 fully saturated rings. The molecule has 0 aliphatic heterocycles. The number of benzene rings is 2. The van der Waals surface area contributed by atoms with E-state index in [1.165, 1.54) is 5.56 Å². The minimum atomic E-state index is -0.624. The molecule has 0 bridgehead atoms. The van der Waals surface area contributed by atoms with Crippen LogP contribution in [0.4, 0.5) is 5.69 Å². The molecule has 24 heavy (non-hydrogen) atoms. The fourth-order valence-corrected chi connectivity index (χ4v) is 2.39. The number of unbranched alkanes of at least 4 members (excludes halogenated alkanes) is 1. The zero-order chi connectivity index (χ0) is 17.4. The van der Waals surface area contributed by atoms with Gasteiger partial charge in [-0.2, -0.15) is 0 Å². The summed E-state index contributed by atoms with van der Waals surface area (Å²) in [5.41, 5.74) is 4.16. The van der Waals surface area contributed by atoms with Gasteiger partial charge in [-0.3, -0.25) is 9.59 Å². The molecule has 2 rings (SSSR count). The molecule has 4 heteroatoms. The SMILES string of the molecule is Cc1ccc(NC(=O)C(=O)NCCCCc2ccccc2)cc1C. The second-order valence-electron chi connectivity index (χ2n) is 5.95. The van der Waals surface area contributed by atoms with E-state index in [1.54, 1.807) is 6.07 Å². The lowest BCUT2D eigenvalue weighted by Crippen LogP contribution is -2.35. The van der Waals surface area contributed by atoms with E-state index in [-0.39, 0.29) is 0 Å². The second kappa shape index (κ2) is 8.87. The topological polar surface area (TPSA) is 58.2 Å². The van der Waals surface area contributed by atoms with Crippen molar-refractivity contribution >= 4 is 17.5 Å². The van der Waals surface area contributed by atoms with Gasteiger partial charge in [-0.1, -0.05) is 36.4 Å². The lowest BCUT2D eigenvalue weighted by molar-refractivity contribution is -0.136. The van der Waals surface area contributed by atoms with Crippen molar-refractivity contribution in [2.75, 3.05) is 11.9 Å². The first-order valence-electron chi connectivity index (χ1n) is 8.26. The summed E-state index contributed by atoms with van der Waals surface area (Å²) >= 11 is 0. The molecule has 0 heterocycles. The van der Waals surface area contributed by atoms with Gasteiger partial charge in [0, 0.05) is 12.2 Å². The standard InChI is InChI=1S/C20H24N2O2/c1-15-11-12-18(14-16(15)2)22-20(24)19(23)21-13-7-6-10-17-8-4-3-5-9-17/h3-5,8-9,11-12,14H,6-7,10,13H2,1-2H3,(H,21,23)(H,22,24). The molecule has 2 aromatic rings. The minimum absolute atomic E-state index is 0.506. The van der Waals surface area contributed by atoms with Gasteiger partial charge < -0.3 is 10.6 Å². The molecule has 0 aromatic heterocycles. The molecule has 0 saturated carbocycles. The number of hydrogen-bond donors (Lipinski definition) is 2. The Morgan fingerprint density at radius 1 is 0.875 bits per heavy atom. The fraction of sp³-hybridized carbons (Fsp3) is 0.300. The summed E-state index contributed by atoms with van der Waals surface area (Å²) in [5.74, 6) is -1.21. The first-order chi connectivity index (χ1) is 11.6. The molecule has 0 spiro atoms. The molecule has 0 aliphatic rings. The smallest absolute Gasteiger partial charge is 0.313 e. The summed E-state index contributed by atoms with van der Waals surface area (Å²) in [6.45, 7) is 4.48. The van der Waals surface area contributed by atoms with Crippen molar-refractivity contribution in [1.29, 1.82) is 0 Å². The van der Waals surface area contributed by atoms with Gasteiger partial charge >= 0.3 is 11.8 Å². The van der Waals surface area contributed by atoms with Crippen LogP contribution >= 0.6 is 0 Å². The van der Waals surface area contributed by atoms with Gasteiger partial charge in [-0.25, -0.2) is 0 Å². The molecule has 0 atom stereocenters. The van der Waals surface area contributed by atoms with Gasteiger partial charge in [0.1, 0.15) is 0 Å². The van der Waals surface area contributed by atoms with E-state index in [1.807, 2.05) is 44.2 Å². The highest BCUT2D eigenvalue weighted by Crippen LogP contribution is 2.13. The zero-order valence-electron chi connectivity index (χ0n) is 14.3. The quantitative estimate of drug-likeness (QED) is 0.632. The Labute approximate surface area is 143 Å². The monoisotopic (exact) mass is 324 g/mol. The van der Waals surface area contributed by atoms with Crippen molar-refractivity contribution in [2.45, 2.75) is 33.1 Å². The Hall–Kier alpha value is -2.62. The third-order valence-corrected chi connectivity index (χ3v) is 3.99. The van der Waals surface area contributed by atoms with Crippen molar-refractivity contribution in [2.24, 2.45) is 0 Å². The number of hydrogen-bond acceptors (Lipinski definition) is 2. The van der Waals surface area contributed by atoms with Gasteiger partial charge in [-0.15, -0.1) is 0 Å². The van der Waals surface area contributed by atoms with E-state index < -0.39 is 11.8 Å². The van der Waals surface area contributed by atoms with Crippen LogP contribution in [-0.4, -0.2) is 18.4 Å². The van der Waals surface area contributed by atoms with Crippen LogP contribution < -0.4 is 10.6 Å². The van der Waals surface area contributed by atoms with E-state index in [2.05, 4.69) is 22.8 Å². The molecular formula is C20H24N2O2. The van der Waals surface area contributed by atoms with Crippen molar-refractivity contribution in [3.05, 3.63) is 65.2 Å². The Morgan fingerprint density at radius 3 is 2.33 bits per heavy atom. The number of nitrogens with one attached hydrogen (secondary N) is 2. The Balaban J connectivity index is 1.68. The maximum absolute atomic E-state index is 11.9. The predicted molar refractivity (Wildman–Crippen MR) is 96.9 cm³/mol. The number of carbonyl (C=O) groups excluding carboxylic acids is 2. The van der Waals surface area contributed by atoms with Gasteiger partial charge in [0.2, 0.25) is 0 Å². The summed E-state index contributed by atoms with van der Waals surface area (Å²) in [5, 5.41) is 5.29. The average molecular weight is 324 g/mol. The number of amides is 2.